The Hall–Kier alpha value is -3.66. The molecule has 0 aliphatic carbocycles. The summed E-state index contributed by atoms with van der Waals surface area (Å²) in [5, 5.41) is 1.66. The molecule has 3 rings (SSSR count). The van der Waals surface area contributed by atoms with Crippen LogP contribution in [-0.4, -0.2) is 61.2 Å². The number of carbonyl (C=O) groups is 4. The second-order valence-corrected chi connectivity index (χ2v) is 7.66. The molecule has 1 aliphatic heterocycles. The van der Waals surface area contributed by atoms with Crippen molar-refractivity contribution in [2.75, 3.05) is 6.61 Å². The van der Waals surface area contributed by atoms with Crippen LogP contribution in [0.3, 0.4) is 0 Å². The van der Waals surface area contributed by atoms with Gasteiger partial charge in [-0.15, -0.1) is 0 Å². The van der Waals surface area contributed by atoms with E-state index in [1.165, 1.54) is 13.8 Å². The molecule has 0 N–H and O–H groups in total. The Bertz CT molecular complexity index is 1060. The molecule has 5 atom stereocenters. The highest BCUT2D eigenvalue weighted by atomic mass is 16.7. The highest BCUT2D eigenvalue weighted by molar-refractivity contribution is 5.88. The third-order valence-electron chi connectivity index (χ3n) is 4.94. The fourth-order valence-electron chi connectivity index (χ4n) is 3.71. The van der Waals surface area contributed by atoms with Crippen LogP contribution in [0.5, 0.6) is 5.75 Å². The van der Waals surface area contributed by atoms with Crippen molar-refractivity contribution in [3.8, 4) is 5.75 Å². The molecule has 0 aromatic heterocycles. The highest BCUT2D eigenvalue weighted by Gasteiger charge is 2.53. The Balaban J connectivity index is 2.03. The molecular formula is C24H26O10. The summed E-state index contributed by atoms with van der Waals surface area (Å²) in [7, 11) is 0. The lowest BCUT2D eigenvalue weighted by molar-refractivity contribution is -0.288. The number of ether oxygens (including phenoxy) is 6. The average molecular weight is 474 g/mol. The number of benzene rings is 2. The van der Waals surface area contributed by atoms with Crippen molar-refractivity contribution in [2.45, 2.75) is 58.4 Å². The predicted octanol–water partition coefficient (Wildman–Crippen LogP) is 2.30. The summed E-state index contributed by atoms with van der Waals surface area (Å²) in [5.41, 5.74) is 0. The van der Waals surface area contributed by atoms with Gasteiger partial charge in [0, 0.05) is 33.1 Å². The number of carbonyl (C=O) groups excluding carboxylic acids is 4. The van der Waals surface area contributed by atoms with Crippen molar-refractivity contribution in [3.05, 3.63) is 42.5 Å². The minimum atomic E-state index is -1.29. The van der Waals surface area contributed by atoms with Crippen molar-refractivity contribution in [1.29, 1.82) is 0 Å². The quantitative estimate of drug-likeness (QED) is 0.436. The average Bonchev–Trinajstić information content (AvgIpc) is 2.75. The zero-order chi connectivity index (χ0) is 24.8. The van der Waals surface area contributed by atoms with E-state index < -0.39 is 54.6 Å². The molecule has 1 fully saturated rings. The molecule has 1 saturated heterocycles. The lowest BCUT2D eigenvalue weighted by atomic mass is 9.98. The van der Waals surface area contributed by atoms with Gasteiger partial charge in [-0.05, 0) is 11.5 Å². The Morgan fingerprint density at radius 2 is 1.32 bits per heavy atom. The minimum Gasteiger partial charge on any atom is -0.463 e. The zero-order valence-corrected chi connectivity index (χ0v) is 19.2. The third kappa shape index (κ3) is 6.22. The summed E-state index contributed by atoms with van der Waals surface area (Å²) >= 11 is 0. The Morgan fingerprint density at radius 3 is 1.97 bits per heavy atom. The molecule has 0 radical (unpaired) electrons. The van der Waals surface area contributed by atoms with Gasteiger partial charge in [-0.1, -0.05) is 36.4 Å². The normalized spacial score (nSPS) is 24.1. The van der Waals surface area contributed by atoms with E-state index in [0.29, 0.717) is 5.75 Å². The fraction of sp³-hybridized carbons (Fsp3) is 0.417. The topological polar surface area (TPSA) is 124 Å². The van der Waals surface area contributed by atoms with Gasteiger partial charge in [0.15, 0.2) is 12.2 Å². The van der Waals surface area contributed by atoms with Gasteiger partial charge in [0.2, 0.25) is 12.4 Å². The summed E-state index contributed by atoms with van der Waals surface area (Å²) in [6, 6.07) is 12.8. The van der Waals surface area contributed by atoms with Crippen molar-refractivity contribution < 1.29 is 47.6 Å². The molecule has 0 amide bonds. The molecule has 10 nitrogen and oxygen atoms in total. The lowest BCUT2D eigenvalue weighted by Gasteiger charge is -2.44. The monoisotopic (exact) mass is 474 g/mol. The molecule has 2 aromatic rings. The van der Waals surface area contributed by atoms with Gasteiger partial charge < -0.3 is 28.4 Å². The van der Waals surface area contributed by atoms with Crippen molar-refractivity contribution >= 4 is 34.6 Å². The molecular weight excluding hydrogens is 448 g/mol. The van der Waals surface area contributed by atoms with E-state index >= 15 is 0 Å². The Labute approximate surface area is 196 Å². The second-order valence-electron chi connectivity index (χ2n) is 7.66. The highest BCUT2D eigenvalue weighted by Crippen LogP contribution is 2.33. The molecule has 0 spiro atoms. The zero-order valence-electron chi connectivity index (χ0n) is 19.2. The number of fused-ring (bicyclic) bond motifs is 1. The van der Waals surface area contributed by atoms with Gasteiger partial charge in [-0.25, -0.2) is 0 Å². The number of esters is 4. The summed E-state index contributed by atoms with van der Waals surface area (Å²) in [6.45, 7) is 4.37. The molecule has 10 heteroatoms. The molecule has 182 valence electrons. The summed E-state index contributed by atoms with van der Waals surface area (Å²) in [5.74, 6) is -2.29. The smallest absolute Gasteiger partial charge is 0.303 e. The van der Waals surface area contributed by atoms with Crippen LogP contribution in [0, 0.1) is 0 Å². The van der Waals surface area contributed by atoms with E-state index in [4.69, 9.17) is 28.4 Å². The molecule has 0 bridgehead atoms. The van der Waals surface area contributed by atoms with Gasteiger partial charge >= 0.3 is 23.9 Å². The number of rotatable bonds is 7. The van der Waals surface area contributed by atoms with Crippen molar-refractivity contribution in [1.82, 2.24) is 0 Å². The molecule has 1 heterocycles. The Kier molecular flexibility index (Phi) is 8.06. The van der Waals surface area contributed by atoms with Crippen LogP contribution in [0.15, 0.2) is 42.5 Å². The molecule has 2 aromatic carbocycles. The van der Waals surface area contributed by atoms with Gasteiger partial charge in [-0.3, -0.25) is 19.2 Å². The van der Waals surface area contributed by atoms with Gasteiger partial charge in [0.1, 0.15) is 18.5 Å². The molecule has 1 unspecified atom stereocenters. The van der Waals surface area contributed by atoms with Crippen LogP contribution in [0.4, 0.5) is 0 Å². The largest absolute Gasteiger partial charge is 0.463 e. The van der Waals surface area contributed by atoms with E-state index in [1.54, 1.807) is 12.1 Å². The fourth-order valence-corrected chi connectivity index (χ4v) is 3.71. The van der Waals surface area contributed by atoms with Gasteiger partial charge in [0.25, 0.3) is 0 Å². The first-order valence-electron chi connectivity index (χ1n) is 10.6. The van der Waals surface area contributed by atoms with E-state index in [2.05, 4.69) is 0 Å². The van der Waals surface area contributed by atoms with E-state index in [1.807, 2.05) is 30.3 Å². The summed E-state index contributed by atoms with van der Waals surface area (Å²) in [6.07, 6.45) is -6.19. The van der Waals surface area contributed by atoms with Crippen LogP contribution in [0.1, 0.15) is 27.7 Å². The Morgan fingerprint density at radius 1 is 0.735 bits per heavy atom. The van der Waals surface area contributed by atoms with Crippen LogP contribution >= 0.6 is 0 Å². The molecule has 34 heavy (non-hydrogen) atoms. The number of hydrogen-bond acceptors (Lipinski definition) is 10. The standard InChI is InChI=1S/C24H26O10/c1-13(25)29-12-20-21(30-14(2)26)22(31-15(3)27)23(32-16(4)28)24(34-20)33-19-11-7-9-17-8-5-6-10-18(17)19/h5-11,20-24H,12H2,1-4H3/t20-,21+,22-,23+,24?/m0/s1. The van der Waals surface area contributed by atoms with E-state index in [0.717, 1.165) is 24.6 Å². The van der Waals surface area contributed by atoms with Gasteiger partial charge in [-0.2, -0.15) is 0 Å². The first-order valence-corrected chi connectivity index (χ1v) is 10.6. The maximum atomic E-state index is 11.9. The maximum Gasteiger partial charge on any atom is 0.303 e. The van der Waals surface area contributed by atoms with Crippen molar-refractivity contribution in [2.24, 2.45) is 0 Å². The van der Waals surface area contributed by atoms with Crippen LogP contribution < -0.4 is 4.74 Å². The van der Waals surface area contributed by atoms with Crippen molar-refractivity contribution in [3.63, 3.8) is 0 Å². The first kappa shape index (κ1) is 25.0. The molecule has 1 aliphatic rings. The van der Waals surface area contributed by atoms with Gasteiger partial charge in [0.05, 0.1) is 0 Å². The number of hydrogen-bond donors (Lipinski definition) is 0. The SMILES string of the molecule is CC(=O)OC[C@@H]1OC(Oc2cccc3ccccc23)[C@H](OC(C)=O)[C@@H](OC(C)=O)[C@@H]1OC(C)=O. The maximum absolute atomic E-state index is 11.9. The second kappa shape index (κ2) is 11.0. The summed E-state index contributed by atoms with van der Waals surface area (Å²) in [4.78, 5) is 47.1. The predicted molar refractivity (Wildman–Crippen MR) is 117 cm³/mol. The third-order valence-corrected chi connectivity index (χ3v) is 4.94. The van der Waals surface area contributed by atoms with E-state index in [9.17, 15) is 19.2 Å². The summed E-state index contributed by atoms with van der Waals surface area (Å²) < 4.78 is 33.4. The van der Waals surface area contributed by atoms with Crippen LogP contribution in [0.25, 0.3) is 10.8 Å². The minimum absolute atomic E-state index is 0.326. The van der Waals surface area contributed by atoms with E-state index in [-0.39, 0.29) is 6.61 Å². The van der Waals surface area contributed by atoms with Crippen LogP contribution in [0.2, 0.25) is 0 Å². The first-order chi connectivity index (χ1) is 16.2. The molecule has 0 saturated carbocycles. The van der Waals surface area contributed by atoms with Crippen LogP contribution in [-0.2, 0) is 42.9 Å². The lowest BCUT2D eigenvalue weighted by Crippen LogP contribution is -2.63.